The Labute approximate surface area is 133 Å². The summed E-state index contributed by atoms with van der Waals surface area (Å²) in [5.74, 6) is -0.520. The molecule has 6 heteroatoms. The van der Waals surface area contributed by atoms with Crippen molar-refractivity contribution >= 4 is 27.8 Å². The van der Waals surface area contributed by atoms with E-state index in [0.29, 0.717) is 6.61 Å². The van der Waals surface area contributed by atoms with E-state index in [1.54, 1.807) is 13.8 Å². The minimum Gasteiger partial charge on any atom is -0.466 e. The Hall–Kier alpha value is -1.40. The maximum Gasteiger partial charge on any atom is 0.308 e. The van der Waals surface area contributed by atoms with Gasteiger partial charge in [-0.25, -0.2) is 0 Å². The van der Waals surface area contributed by atoms with Crippen molar-refractivity contribution in [2.24, 2.45) is 5.73 Å². The van der Waals surface area contributed by atoms with Crippen LogP contribution in [0.1, 0.15) is 38.3 Å². The number of carbonyl (C=O) groups is 2. The van der Waals surface area contributed by atoms with Crippen LogP contribution >= 0.6 is 15.9 Å². The van der Waals surface area contributed by atoms with Crippen LogP contribution in [0.5, 0.6) is 0 Å². The molecule has 0 aliphatic heterocycles. The molecule has 0 spiro atoms. The third-order valence-electron chi connectivity index (χ3n) is 2.79. The second-order valence-corrected chi connectivity index (χ2v) is 5.78. The van der Waals surface area contributed by atoms with Gasteiger partial charge >= 0.3 is 5.97 Å². The van der Waals surface area contributed by atoms with Crippen molar-refractivity contribution in [2.75, 3.05) is 6.61 Å². The molecule has 2 unspecified atom stereocenters. The first-order valence-electron chi connectivity index (χ1n) is 6.88. The molecule has 1 amide bonds. The summed E-state index contributed by atoms with van der Waals surface area (Å²) in [5.41, 5.74) is 6.47. The SMILES string of the molecule is CCOC(=O)CC(NC(=O)CC(C)N)c1ccc(Br)cc1. The average Bonchev–Trinajstić information content (AvgIpc) is 2.38. The zero-order valence-corrected chi connectivity index (χ0v) is 13.9. The van der Waals surface area contributed by atoms with Gasteiger partial charge in [-0.05, 0) is 31.5 Å². The van der Waals surface area contributed by atoms with E-state index in [1.807, 2.05) is 24.3 Å². The van der Waals surface area contributed by atoms with Crippen LogP contribution in [0.3, 0.4) is 0 Å². The molecule has 2 atom stereocenters. The van der Waals surface area contributed by atoms with E-state index >= 15 is 0 Å². The fraction of sp³-hybridized carbons (Fsp3) is 0.467. The second-order valence-electron chi connectivity index (χ2n) is 4.86. The number of esters is 1. The fourth-order valence-electron chi connectivity index (χ4n) is 1.88. The number of benzene rings is 1. The van der Waals surface area contributed by atoms with Gasteiger partial charge in [0.2, 0.25) is 5.91 Å². The molecule has 1 rings (SSSR count). The topological polar surface area (TPSA) is 81.4 Å². The summed E-state index contributed by atoms with van der Waals surface area (Å²) < 4.78 is 5.89. The van der Waals surface area contributed by atoms with Crippen molar-refractivity contribution in [3.8, 4) is 0 Å². The monoisotopic (exact) mass is 356 g/mol. The Bertz CT molecular complexity index is 474. The van der Waals surface area contributed by atoms with Crippen molar-refractivity contribution in [1.82, 2.24) is 5.32 Å². The molecular formula is C15H21BrN2O3. The number of rotatable bonds is 7. The number of nitrogens with one attached hydrogen (secondary N) is 1. The minimum absolute atomic E-state index is 0.0974. The second kappa shape index (κ2) is 8.79. The molecule has 0 saturated heterocycles. The van der Waals surface area contributed by atoms with Gasteiger partial charge in [-0.15, -0.1) is 0 Å². The van der Waals surface area contributed by atoms with Gasteiger partial charge in [-0.3, -0.25) is 9.59 Å². The van der Waals surface area contributed by atoms with E-state index in [-0.39, 0.29) is 30.8 Å². The van der Waals surface area contributed by atoms with Crippen molar-refractivity contribution in [3.63, 3.8) is 0 Å². The summed E-state index contributed by atoms with van der Waals surface area (Å²) in [6, 6.07) is 6.82. The predicted octanol–water partition coefficient (Wildman–Crippen LogP) is 2.30. The van der Waals surface area contributed by atoms with E-state index in [4.69, 9.17) is 10.5 Å². The Morgan fingerprint density at radius 2 is 1.90 bits per heavy atom. The highest BCUT2D eigenvalue weighted by Crippen LogP contribution is 2.20. The number of carbonyl (C=O) groups excluding carboxylic acids is 2. The Kier molecular flexibility index (Phi) is 7.39. The molecule has 0 radical (unpaired) electrons. The molecule has 1 aromatic carbocycles. The fourth-order valence-corrected chi connectivity index (χ4v) is 2.14. The summed E-state index contributed by atoms with van der Waals surface area (Å²) in [5, 5.41) is 2.84. The van der Waals surface area contributed by atoms with Crippen LogP contribution in [0.25, 0.3) is 0 Å². The van der Waals surface area contributed by atoms with E-state index in [1.165, 1.54) is 0 Å². The third kappa shape index (κ3) is 6.73. The molecule has 0 aliphatic carbocycles. The van der Waals surface area contributed by atoms with Crippen LogP contribution in [-0.4, -0.2) is 24.5 Å². The van der Waals surface area contributed by atoms with Crippen molar-refractivity contribution in [3.05, 3.63) is 34.3 Å². The third-order valence-corrected chi connectivity index (χ3v) is 3.32. The first-order valence-corrected chi connectivity index (χ1v) is 7.67. The van der Waals surface area contributed by atoms with E-state index in [0.717, 1.165) is 10.0 Å². The lowest BCUT2D eigenvalue weighted by Crippen LogP contribution is -2.34. The van der Waals surface area contributed by atoms with E-state index < -0.39 is 6.04 Å². The molecule has 0 fully saturated rings. The lowest BCUT2D eigenvalue weighted by Gasteiger charge is -2.19. The zero-order valence-electron chi connectivity index (χ0n) is 12.3. The highest BCUT2D eigenvalue weighted by molar-refractivity contribution is 9.10. The van der Waals surface area contributed by atoms with Crippen molar-refractivity contribution in [1.29, 1.82) is 0 Å². The number of hydrogen-bond donors (Lipinski definition) is 2. The molecule has 0 aliphatic rings. The highest BCUT2D eigenvalue weighted by Gasteiger charge is 2.19. The zero-order chi connectivity index (χ0) is 15.8. The molecule has 116 valence electrons. The van der Waals surface area contributed by atoms with Gasteiger partial charge in [0.1, 0.15) is 0 Å². The molecule has 0 heterocycles. The molecule has 5 nitrogen and oxygen atoms in total. The molecule has 3 N–H and O–H groups in total. The normalized spacial score (nSPS) is 13.3. The Morgan fingerprint density at radius 1 is 1.29 bits per heavy atom. The standard InChI is InChI=1S/C15H21BrN2O3/c1-3-21-15(20)9-13(18-14(19)8-10(2)17)11-4-6-12(16)7-5-11/h4-7,10,13H,3,8-9,17H2,1-2H3,(H,18,19). The maximum absolute atomic E-state index is 11.9. The first kappa shape index (κ1) is 17.7. The van der Waals surface area contributed by atoms with Crippen molar-refractivity contribution in [2.45, 2.75) is 38.8 Å². The molecule has 1 aromatic rings. The van der Waals surface area contributed by atoms with Crippen LogP contribution in [0.2, 0.25) is 0 Å². The number of hydrogen-bond acceptors (Lipinski definition) is 4. The molecule has 0 bridgehead atoms. The smallest absolute Gasteiger partial charge is 0.308 e. The van der Waals surface area contributed by atoms with Gasteiger partial charge < -0.3 is 15.8 Å². The quantitative estimate of drug-likeness (QED) is 0.734. The van der Waals surface area contributed by atoms with Gasteiger partial charge in [-0.2, -0.15) is 0 Å². The molecule has 21 heavy (non-hydrogen) atoms. The van der Waals surface area contributed by atoms with E-state index in [9.17, 15) is 9.59 Å². The van der Waals surface area contributed by atoms with Crippen LogP contribution in [0.4, 0.5) is 0 Å². The number of ether oxygens (including phenoxy) is 1. The Balaban J connectivity index is 2.81. The van der Waals surface area contributed by atoms with Gasteiger partial charge in [0, 0.05) is 16.9 Å². The van der Waals surface area contributed by atoms with Crippen LogP contribution < -0.4 is 11.1 Å². The summed E-state index contributed by atoms with van der Waals surface area (Å²) >= 11 is 3.36. The number of nitrogens with two attached hydrogens (primary N) is 1. The van der Waals surface area contributed by atoms with Gasteiger partial charge in [-0.1, -0.05) is 28.1 Å². The number of amides is 1. The summed E-state index contributed by atoms with van der Waals surface area (Å²) in [6.45, 7) is 3.83. The predicted molar refractivity (Wildman–Crippen MR) is 84.5 cm³/mol. The minimum atomic E-state index is -0.414. The van der Waals surface area contributed by atoms with Crippen LogP contribution in [0.15, 0.2) is 28.7 Å². The number of halogens is 1. The van der Waals surface area contributed by atoms with Crippen molar-refractivity contribution < 1.29 is 14.3 Å². The summed E-state index contributed by atoms with van der Waals surface area (Å²) in [4.78, 5) is 23.6. The van der Waals surface area contributed by atoms with Crippen LogP contribution in [-0.2, 0) is 14.3 Å². The summed E-state index contributed by atoms with van der Waals surface area (Å²) in [6.07, 6.45) is 0.315. The van der Waals surface area contributed by atoms with Gasteiger partial charge in [0.15, 0.2) is 0 Å². The largest absolute Gasteiger partial charge is 0.466 e. The van der Waals surface area contributed by atoms with Gasteiger partial charge in [0.05, 0.1) is 19.1 Å². The average molecular weight is 357 g/mol. The molecule has 0 saturated carbocycles. The first-order chi connectivity index (χ1) is 9.92. The Morgan fingerprint density at radius 3 is 2.43 bits per heavy atom. The maximum atomic E-state index is 11.9. The summed E-state index contributed by atoms with van der Waals surface area (Å²) in [7, 11) is 0. The lowest BCUT2D eigenvalue weighted by atomic mass is 10.0. The van der Waals surface area contributed by atoms with E-state index in [2.05, 4.69) is 21.2 Å². The highest BCUT2D eigenvalue weighted by atomic mass is 79.9. The lowest BCUT2D eigenvalue weighted by molar-refractivity contribution is -0.143. The molecule has 0 aromatic heterocycles. The molecular weight excluding hydrogens is 336 g/mol. The van der Waals surface area contributed by atoms with Gasteiger partial charge in [0.25, 0.3) is 0 Å². The van der Waals surface area contributed by atoms with Crippen LogP contribution in [0, 0.1) is 0 Å².